The number of nitrogens with one attached hydrogen (secondary N) is 8. The van der Waals surface area contributed by atoms with Gasteiger partial charge in [-0.1, -0.05) is 91.9 Å². The number of para-hydroxylation sites is 2. The summed E-state index contributed by atoms with van der Waals surface area (Å²) >= 11 is 0. The Morgan fingerprint density at radius 1 is 0.302 bits per heavy atom. The van der Waals surface area contributed by atoms with Crippen LogP contribution in [0, 0.1) is 13.8 Å². The molecule has 2 aliphatic heterocycles. The van der Waals surface area contributed by atoms with E-state index < -0.39 is 29.5 Å². The molecule has 8 rings (SSSR count). The molecule has 0 aliphatic carbocycles. The zero-order valence-corrected chi connectivity index (χ0v) is 61.4. The smallest absolute Gasteiger partial charge is 0.255 e. The van der Waals surface area contributed by atoms with E-state index in [2.05, 4.69) is 62.1 Å². The summed E-state index contributed by atoms with van der Waals surface area (Å²) in [6.07, 6.45) is 0.901. The van der Waals surface area contributed by atoms with Gasteiger partial charge in [0.15, 0.2) is 0 Å². The molecular weight excluding hydrogens is 1350 g/mol. The molecule has 0 saturated carbocycles. The van der Waals surface area contributed by atoms with Crippen molar-refractivity contribution in [2.45, 2.75) is 40.4 Å². The molecule has 2 aliphatic rings. The van der Waals surface area contributed by atoms with Crippen LogP contribution in [0.3, 0.4) is 0 Å². The number of carbonyl (C=O) groups is 8. The average Bonchev–Trinajstić information content (AvgIpc) is 0.825. The number of rotatable bonds is 25. The summed E-state index contributed by atoms with van der Waals surface area (Å²) in [5.41, 5.74) is 10.1. The van der Waals surface area contributed by atoms with E-state index >= 15 is 0 Å². The molecule has 6 aromatic carbocycles. The summed E-state index contributed by atoms with van der Waals surface area (Å²) in [5, 5.41) is 24.3. The lowest BCUT2D eigenvalue weighted by Crippen LogP contribution is -2.46. The summed E-state index contributed by atoms with van der Waals surface area (Å²) in [7, 11) is 0. The number of amides is 8. The molecule has 27 nitrogen and oxygen atoms in total. The van der Waals surface area contributed by atoms with Gasteiger partial charge in [-0.3, -0.25) is 58.0 Å². The summed E-state index contributed by atoms with van der Waals surface area (Å²) in [6.45, 7) is 15.2. The molecule has 0 unspecified atom stereocenters. The molecule has 0 saturated heterocycles. The van der Waals surface area contributed by atoms with Crippen LogP contribution in [0.25, 0.3) is 0 Å². The predicted molar refractivity (Wildman–Crippen MR) is 404 cm³/mol. The Labute approximate surface area is 621 Å². The van der Waals surface area contributed by atoms with Gasteiger partial charge in [-0.05, 0) is 91.1 Å². The third kappa shape index (κ3) is 26.7. The Hall–Kier alpha value is -9.68. The van der Waals surface area contributed by atoms with Crippen molar-refractivity contribution in [2.24, 2.45) is 5.73 Å². The van der Waals surface area contributed by atoms with Crippen LogP contribution in [0.4, 0.5) is 0 Å². The zero-order chi connectivity index (χ0) is 75.1. The normalized spacial score (nSPS) is 16.3. The molecule has 8 bridgehead atoms. The Morgan fingerprint density at radius 2 is 0.547 bits per heavy atom. The first-order chi connectivity index (χ1) is 51.7. The van der Waals surface area contributed by atoms with Gasteiger partial charge < -0.3 is 76.7 Å². The van der Waals surface area contributed by atoms with E-state index in [0.717, 1.165) is 17.5 Å². The fourth-order valence-corrected chi connectivity index (χ4v) is 12.1. The van der Waals surface area contributed by atoms with Crippen molar-refractivity contribution in [1.29, 1.82) is 0 Å². The van der Waals surface area contributed by atoms with Crippen LogP contribution in [0.2, 0.25) is 0 Å². The Balaban J connectivity index is 1.04. The average molecular weight is 1460 g/mol. The number of nitrogens with two attached hydrogens (primary N) is 1. The molecule has 106 heavy (non-hydrogen) atoms. The molecule has 8 amide bonds. The molecule has 6 aromatic rings. The summed E-state index contributed by atoms with van der Waals surface area (Å²) in [4.78, 5) is 122. The first-order valence-corrected chi connectivity index (χ1v) is 36.7. The highest BCUT2D eigenvalue weighted by Crippen LogP contribution is 2.28. The van der Waals surface area contributed by atoms with Crippen LogP contribution in [0.15, 0.2) is 133 Å². The zero-order valence-electron chi connectivity index (χ0n) is 61.4. The van der Waals surface area contributed by atoms with Crippen molar-refractivity contribution in [2.75, 3.05) is 190 Å². The second kappa shape index (κ2) is 45.6. The molecule has 0 fully saturated rings. The maximum atomic E-state index is 14.6. The van der Waals surface area contributed by atoms with Crippen molar-refractivity contribution in [3.8, 4) is 11.5 Å². The summed E-state index contributed by atoms with van der Waals surface area (Å²) < 4.78 is 35.6. The minimum atomic E-state index is -0.491. The largest absolute Gasteiger partial charge is 0.487 e. The van der Waals surface area contributed by atoms with Gasteiger partial charge in [-0.2, -0.15) is 0 Å². The number of benzene rings is 6. The van der Waals surface area contributed by atoms with Crippen LogP contribution in [0.5, 0.6) is 11.5 Å². The van der Waals surface area contributed by atoms with Gasteiger partial charge in [-0.15, -0.1) is 0 Å². The van der Waals surface area contributed by atoms with Crippen molar-refractivity contribution < 1.29 is 66.8 Å². The minimum absolute atomic E-state index is 0.0595. The van der Waals surface area contributed by atoms with Crippen LogP contribution in [-0.4, -0.2) is 257 Å². The number of carbonyl (C=O) groups excluding carboxylic acids is 8. The van der Waals surface area contributed by atoms with E-state index in [1.165, 1.54) is 0 Å². The van der Waals surface area contributed by atoms with Crippen molar-refractivity contribution in [3.05, 3.63) is 200 Å². The monoisotopic (exact) mass is 1460 g/mol. The minimum Gasteiger partial charge on any atom is -0.487 e. The highest BCUT2D eigenvalue weighted by atomic mass is 16.5. The second-order valence-electron chi connectivity index (χ2n) is 25.5. The van der Waals surface area contributed by atoms with Crippen LogP contribution >= 0.6 is 0 Å². The number of ether oxygens (including phenoxy) is 6. The summed E-state index contributed by atoms with van der Waals surface area (Å²) in [5.74, 6) is -3.19. The lowest BCUT2D eigenvalue weighted by molar-refractivity contribution is 0.0389. The third-order valence-corrected chi connectivity index (χ3v) is 18.0. The third-order valence-electron chi connectivity index (χ3n) is 18.0. The molecule has 0 aromatic heterocycles. The van der Waals surface area contributed by atoms with Gasteiger partial charge in [0.1, 0.15) is 24.7 Å². The quantitative estimate of drug-likeness (QED) is 0.0365. The molecule has 27 heteroatoms. The SMILES string of the molecule is CCCOCCOCCN1CCNC(=O)c2cccc(c2C)C(=O)NCCN(CCN2CCNC(=O)c3cccc(c3C)C(=O)NCCN(CCOCCOCCN)CCNC(=O)c3cccc(c3OCc3ccccc3)C(=O)NCC2)CCNC(=O)c2cccc(c2OCc2ccccc2)C(=O)NCC1. The lowest BCUT2D eigenvalue weighted by Gasteiger charge is -2.28. The molecule has 0 atom stereocenters. The van der Waals surface area contributed by atoms with E-state index in [9.17, 15) is 38.4 Å². The number of nitrogens with zero attached hydrogens (tertiary/aromatic N) is 4. The first-order valence-electron chi connectivity index (χ1n) is 36.7. The van der Waals surface area contributed by atoms with Gasteiger partial charge >= 0.3 is 0 Å². The van der Waals surface area contributed by atoms with Crippen molar-refractivity contribution in [1.82, 2.24) is 62.1 Å². The standard InChI is InChI=1S/C79H105N13O14/c1-4-48-101-52-54-103-50-46-91-40-32-83-74(95)64-21-11-19-62(58(64)2)72(93)81-28-36-89(38-30-85-76(97)66-23-13-25-68(78(99)87-34-42-91)70(66)105-56-60-15-7-5-8-16-60)44-45-90-37-29-82-73(94)63-20-12-22-65(59(63)3)75(96)84-33-41-92(47-51-104-55-53-102-49-27-80)43-35-88-79(100)69-26-14-24-67(77(98)86-31-39-90)71(69)106-57-61-17-9-6-10-18-61/h5-26H,4,27-57,80H2,1-3H3,(H,81,93)(H,82,94)(H,83,95)(H,84,96)(H,85,97)(H,86,98)(H,87,99)(H,88,100). The maximum absolute atomic E-state index is 14.6. The van der Waals surface area contributed by atoms with Gasteiger partial charge in [0.2, 0.25) is 0 Å². The number of hydrogen-bond acceptors (Lipinski definition) is 19. The fourth-order valence-electron chi connectivity index (χ4n) is 12.1. The van der Waals surface area contributed by atoms with Gasteiger partial charge in [0.05, 0.1) is 68.5 Å². The number of fused-ring (bicyclic) bond motifs is 8. The van der Waals surface area contributed by atoms with E-state index in [4.69, 9.17) is 34.2 Å². The van der Waals surface area contributed by atoms with E-state index in [0.29, 0.717) is 145 Å². The molecular formula is C79H105N13O14. The van der Waals surface area contributed by atoms with Crippen LogP contribution in [0.1, 0.15) is 118 Å². The van der Waals surface area contributed by atoms with Crippen molar-refractivity contribution in [3.63, 3.8) is 0 Å². The van der Waals surface area contributed by atoms with Gasteiger partial charge in [0, 0.05) is 166 Å². The highest BCUT2D eigenvalue weighted by Gasteiger charge is 2.26. The maximum Gasteiger partial charge on any atom is 0.255 e. The predicted octanol–water partition coefficient (Wildman–Crippen LogP) is 4.07. The van der Waals surface area contributed by atoms with E-state index in [1.807, 2.05) is 67.6 Å². The van der Waals surface area contributed by atoms with Crippen LogP contribution < -0.4 is 57.7 Å². The Bertz CT molecular complexity index is 3550. The topological polar surface area (TPSA) is 327 Å². The fraction of sp³-hybridized carbons (Fsp3) is 0.443. The van der Waals surface area contributed by atoms with E-state index in [1.54, 1.807) is 86.6 Å². The van der Waals surface area contributed by atoms with Gasteiger partial charge in [0.25, 0.3) is 47.3 Å². The molecule has 10 N–H and O–H groups in total. The lowest BCUT2D eigenvalue weighted by atomic mass is 10.0. The van der Waals surface area contributed by atoms with Crippen molar-refractivity contribution >= 4 is 47.3 Å². The number of hydrogen-bond donors (Lipinski definition) is 9. The molecule has 2 heterocycles. The highest BCUT2D eigenvalue weighted by molar-refractivity contribution is 6.06. The Morgan fingerprint density at radius 3 is 0.821 bits per heavy atom. The Kier molecular flexibility index (Phi) is 35.3. The molecule has 0 spiro atoms. The van der Waals surface area contributed by atoms with Crippen LogP contribution in [-0.2, 0) is 32.2 Å². The first kappa shape index (κ1) is 82.0. The van der Waals surface area contributed by atoms with E-state index in [-0.39, 0.29) is 143 Å². The molecule has 570 valence electrons. The summed E-state index contributed by atoms with van der Waals surface area (Å²) in [6, 6.07) is 38.6. The van der Waals surface area contributed by atoms with Gasteiger partial charge in [-0.25, -0.2) is 0 Å². The molecule has 0 radical (unpaired) electrons. The second-order valence-corrected chi connectivity index (χ2v) is 25.5.